The van der Waals surface area contributed by atoms with Crippen molar-refractivity contribution in [2.24, 2.45) is 0 Å². The first kappa shape index (κ1) is 13.1. The lowest BCUT2D eigenvalue weighted by atomic mass is 10.2. The van der Waals surface area contributed by atoms with Gasteiger partial charge in [0, 0.05) is 26.9 Å². The van der Waals surface area contributed by atoms with Crippen LogP contribution in [-0.2, 0) is 11.3 Å². The van der Waals surface area contributed by atoms with Crippen LogP contribution in [0, 0.1) is 11.3 Å². The van der Waals surface area contributed by atoms with Gasteiger partial charge in [0.15, 0.2) is 5.69 Å². The Kier molecular flexibility index (Phi) is 3.78. The zero-order valence-corrected chi connectivity index (χ0v) is 11.2. The molecule has 98 valence electrons. The molecule has 0 spiro atoms. The summed E-state index contributed by atoms with van der Waals surface area (Å²) in [6.07, 6.45) is 0. The van der Waals surface area contributed by atoms with Gasteiger partial charge in [0.2, 0.25) is 0 Å². The fraction of sp³-hybridized carbons (Fsp3) is 0.308. The van der Waals surface area contributed by atoms with Gasteiger partial charge in [-0.25, -0.2) is 4.68 Å². The highest BCUT2D eigenvalue weighted by molar-refractivity contribution is 5.50. The summed E-state index contributed by atoms with van der Waals surface area (Å²) in [5.41, 5.74) is 2.89. The van der Waals surface area contributed by atoms with Gasteiger partial charge in [0.05, 0.1) is 12.3 Å². The highest BCUT2D eigenvalue weighted by Crippen LogP contribution is 2.17. The molecular weight excluding hydrogens is 242 g/mol. The molecule has 0 atom stereocenters. The van der Waals surface area contributed by atoms with E-state index in [-0.39, 0.29) is 0 Å². The second kappa shape index (κ2) is 5.50. The minimum absolute atomic E-state index is 0.290. The number of anilines is 1. The van der Waals surface area contributed by atoms with E-state index >= 15 is 0 Å². The van der Waals surface area contributed by atoms with Crippen LogP contribution in [0.5, 0.6) is 0 Å². The molecular formula is C13H15N5O. The van der Waals surface area contributed by atoms with Gasteiger partial charge in [-0.1, -0.05) is 5.21 Å². The topological polar surface area (TPSA) is 67.0 Å². The predicted octanol–water partition coefficient (Wildman–Crippen LogP) is 1.35. The molecule has 0 saturated carbocycles. The van der Waals surface area contributed by atoms with E-state index in [4.69, 9.17) is 10.00 Å². The monoisotopic (exact) mass is 257 g/mol. The van der Waals surface area contributed by atoms with E-state index < -0.39 is 0 Å². The molecule has 6 heteroatoms. The lowest BCUT2D eigenvalue weighted by molar-refractivity contribution is 0.179. The number of nitriles is 1. The summed E-state index contributed by atoms with van der Waals surface area (Å²) in [6.45, 7) is 0.297. The van der Waals surface area contributed by atoms with Gasteiger partial charge in [-0.05, 0) is 24.3 Å². The van der Waals surface area contributed by atoms with Crippen molar-refractivity contribution < 1.29 is 4.74 Å². The Hall–Kier alpha value is -2.39. The SMILES string of the molecule is COCc1c(C#N)nnn1-c1ccc(N(C)C)cc1. The number of hydrogen-bond acceptors (Lipinski definition) is 5. The minimum atomic E-state index is 0.290. The van der Waals surface area contributed by atoms with Crippen molar-refractivity contribution in [2.75, 3.05) is 26.1 Å². The summed E-state index contributed by atoms with van der Waals surface area (Å²) < 4.78 is 6.72. The maximum atomic E-state index is 8.99. The normalized spacial score (nSPS) is 10.2. The Morgan fingerprint density at radius 2 is 2.00 bits per heavy atom. The lowest BCUT2D eigenvalue weighted by Gasteiger charge is -2.13. The van der Waals surface area contributed by atoms with Crippen LogP contribution < -0.4 is 4.90 Å². The number of aromatic nitrogens is 3. The van der Waals surface area contributed by atoms with Gasteiger partial charge in [0.1, 0.15) is 11.8 Å². The average molecular weight is 257 g/mol. The molecule has 0 aliphatic heterocycles. The van der Waals surface area contributed by atoms with Gasteiger partial charge in [-0.15, -0.1) is 5.10 Å². The van der Waals surface area contributed by atoms with E-state index in [9.17, 15) is 0 Å². The van der Waals surface area contributed by atoms with Crippen LogP contribution in [-0.4, -0.2) is 36.2 Å². The molecule has 0 fully saturated rings. The van der Waals surface area contributed by atoms with Gasteiger partial charge in [-0.3, -0.25) is 0 Å². The number of benzene rings is 1. The quantitative estimate of drug-likeness (QED) is 0.827. The number of methoxy groups -OCH3 is 1. The lowest BCUT2D eigenvalue weighted by Crippen LogP contribution is -2.09. The largest absolute Gasteiger partial charge is 0.378 e. The first-order chi connectivity index (χ1) is 9.17. The van der Waals surface area contributed by atoms with Crippen molar-refractivity contribution in [1.29, 1.82) is 5.26 Å². The molecule has 19 heavy (non-hydrogen) atoms. The van der Waals surface area contributed by atoms with Crippen molar-refractivity contribution in [3.63, 3.8) is 0 Å². The molecule has 2 rings (SSSR count). The Labute approximate surface area is 111 Å². The summed E-state index contributed by atoms with van der Waals surface area (Å²) in [6, 6.07) is 9.86. The van der Waals surface area contributed by atoms with Crippen LogP contribution in [0.25, 0.3) is 5.69 Å². The standard InChI is InChI=1S/C13H15N5O/c1-17(2)10-4-6-11(7-5-10)18-13(9-19-3)12(8-14)15-16-18/h4-7H,9H2,1-3H3. The second-order valence-electron chi connectivity index (χ2n) is 4.25. The van der Waals surface area contributed by atoms with Crippen LogP contribution in [0.3, 0.4) is 0 Å². The first-order valence-corrected chi connectivity index (χ1v) is 5.78. The molecule has 0 radical (unpaired) electrons. The van der Waals surface area contributed by atoms with Crippen LogP contribution in [0.1, 0.15) is 11.4 Å². The summed E-state index contributed by atoms with van der Waals surface area (Å²) >= 11 is 0. The molecule has 1 aromatic heterocycles. The van der Waals surface area contributed by atoms with Gasteiger partial charge in [-0.2, -0.15) is 5.26 Å². The first-order valence-electron chi connectivity index (χ1n) is 5.78. The van der Waals surface area contributed by atoms with E-state index in [2.05, 4.69) is 10.3 Å². The fourth-order valence-corrected chi connectivity index (χ4v) is 1.75. The van der Waals surface area contributed by atoms with Gasteiger partial charge in [0.25, 0.3) is 0 Å². The predicted molar refractivity (Wildman–Crippen MR) is 71.1 cm³/mol. The second-order valence-corrected chi connectivity index (χ2v) is 4.25. The van der Waals surface area contributed by atoms with Crippen molar-refractivity contribution in [2.45, 2.75) is 6.61 Å². The third-order valence-corrected chi connectivity index (χ3v) is 2.76. The fourth-order valence-electron chi connectivity index (χ4n) is 1.75. The van der Waals surface area contributed by atoms with Crippen LogP contribution >= 0.6 is 0 Å². The summed E-state index contributed by atoms with van der Waals surface area (Å²) in [4.78, 5) is 2.02. The third-order valence-electron chi connectivity index (χ3n) is 2.76. The van der Waals surface area contributed by atoms with Crippen molar-refractivity contribution in [1.82, 2.24) is 15.0 Å². The molecule has 0 N–H and O–H groups in total. The summed E-state index contributed by atoms with van der Waals surface area (Å²) in [5.74, 6) is 0. The van der Waals surface area contributed by atoms with Crippen molar-refractivity contribution in [3.05, 3.63) is 35.7 Å². The zero-order valence-electron chi connectivity index (χ0n) is 11.2. The van der Waals surface area contributed by atoms with Crippen molar-refractivity contribution >= 4 is 5.69 Å². The number of ether oxygens (including phenoxy) is 1. The molecule has 0 saturated heterocycles. The Morgan fingerprint density at radius 3 is 2.53 bits per heavy atom. The van der Waals surface area contributed by atoms with Gasteiger partial charge >= 0.3 is 0 Å². The molecule has 0 aliphatic rings. The molecule has 1 aromatic carbocycles. The smallest absolute Gasteiger partial charge is 0.188 e. The van der Waals surface area contributed by atoms with E-state index in [0.717, 1.165) is 11.4 Å². The van der Waals surface area contributed by atoms with E-state index in [1.807, 2.05) is 49.3 Å². The number of rotatable bonds is 4. The Bertz CT molecular complexity index is 594. The highest BCUT2D eigenvalue weighted by atomic mass is 16.5. The molecule has 1 heterocycles. The zero-order chi connectivity index (χ0) is 13.8. The average Bonchev–Trinajstić information content (AvgIpc) is 2.82. The third kappa shape index (κ3) is 2.56. The molecule has 0 aliphatic carbocycles. The maximum Gasteiger partial charge on any atom is 0.188 e. The number of nitrogens with zero attached hydrogens (tertiary/aromatic N) is 5. The maximum absolute atomic E-state index is 8.99. The van der Waals surface area contributed by atoms with Crippen LogP contribution in [0.2, 0.25) is 0 Å². The van der Waals surface area contributed by atoms with E-state index in [0.29, 0.717) is 18.0 Å². The number of hydrogen-bond donors (Lipinski definition) is 0. The van der Waals surface area contributed by atoms with Crippen LogP contribution in [0.4, 0.5) is 5.69 Å². The molecule has 0 unspecified atom stereocenters. The molecule has 6 nitrogen and oxygen atoms in total. The van der Waals surface area contributed by atoms with Gasteiger partial charge < -0.3 is 9.64 Å². The Balaban J connectivity index is 2.41. The molecule has 2 aromatic rings. The van der Waals surface area contributed by atoms with E-state index in [1.54, 1.807) is 11.8 Å². The molecule has 0 bridgehead atoms. The summed E-state index contributed by atoms with van der Waals surface area (Å²) in [7, 11) is 5.54. The summed E-state index contributed by atoms with van der Waals surface area (Å²) in [5, 5.41) is 16.8. The Morgan fingerprint density at radius 1 is 1.32 bits per heavy atom. The highest BCUT2D eigenvalue weighted by Gasteiger charge is 2.13. The van der Waals surface area contributed by atoms with Crippen LogP contribution in [0.15, 0.2) is 24.3 Å². The van der Waals surface area contributed by atoms with Crippen molar-refractivity contribution in [3.8, 4) is 11.8 Å². The van der Waals surface area contributed by atoms with E-state index in [1.165, 1.54) is 0 Å². The molecule has 0 amide bonds. The minimum Gasteiger partial charge on any atom is -0.378 e.